The number of primary amides is 1. The van der Waals surface area contributed by atoms with E-state index in [2.05, 4.69) is 21.2 Å². The van der Waals surface area contributed by atoms with Gasteiger partial charge in [0.2, 0.25) is 0 Å². The number of thiophene rings is 1. The third-order valence-corrected chi connectivity index (χ3v) is 4.11. The fourth-order valence-corrected chi connectivity index (χ4v) is 2.95. The zero-order valence-corrected chi connectivity index (χ0v) is 14.7. The molecule has 2 aromatic rings. The molecule has 0 radical (unpaired) electrons. The van der Waals surface area contributed by atoms with Crippen LogP contribution in [-0.2, 0) is 14.3 Å². The minimum absolute atomic E-state index is 0.217. The quantitative estimate of drug-likeness (QED) is 0.566. The van der Waals surface area contributed by atoms with E-state index in [9.17, 15) is 14.4 Å². The van der Waals surface area contributed by atoms with E-state index in [0.29, 0.717) is 5.00 Å². The van der Waals surface area contributed by atoms with Gasteiger partial charge in [0, 0.05) is 10.5 Å². The molecule has 124 valence electrons. The lowest BCUT2D eigenvalue weighted by Crippen LogP contribution is -2.21. The van der Waals surface area contributed by atoms with Gasteiger partial charge in [0.25, 0.3) is 11.8 Å². The molecule has 1 aromatic carbocycles. The lowest BCUT2D eigenvalue weighted by Gasteiger charge is -2.04. The molecule has 0 atom stereocenters. The average molecular weight is 409 g/mol. The van der Waals surface area contributed by atoms with Crippen LogP contribution in [0.1, 0.15) is 15.9 Å². The van der Waals surface area contributed by atoms with Crippen LogP contribution in [0.15, 0.2) is 46.3 Å². The van der Waals surface area contributed by atoms with Crippen LogP contribution in [-0.4, -0.2) is 24.4 Å². The third kappa shape index (κ3) is 5.32. The topological polar surface area (TPSA) is 98.5 Å². The van der Waals surface area contributed by atoms with Crippen LogP contribution in [0.2, 0.25) is 0 Å². The normalized spacial score (nSPS) is 10.5. The third-order valence-electron chi connectivity index (χ3n) is 2.79. The van der Waals surface area contributed by atoms with Crippen LogP contribution < -0.4 is 11.1 Å². The Kier molecular flexibility index (Phi) is 6.28. The molecule has 0 bridgehead atoms. The summed E-state index contributed by atoms with van der Waals surface area (Å²) in [6.45, 7) is -0.461. The number of nitrogens with two attached hydrogens (primary N) is 1. The van der Waals surface area contributed by atoms with Crippen molar-refractivity contribution in [3.63, 3.8) is 0 Å². The maximum atomic E-state index is 11.7. The first-order valence-corrected chi connectivity index (χ1v) is 8.40. The van der Waals surface area contributed by atoms with Crippen molar-refractivity contribution in [3.05, 3.63) is 57.4 Å². The number of anilines is 1. The van der Waals surface area contributed by atoms with Gasteiger partial charge in [0.15, 0.2) is 6.61 Å². The van der Waals surface area contributed by atoms with Crippen LogP contribution in [0.25, 0.3) is 6.08 Å². The number of rotatable bonds is 6. The number of benzene rings is 1. The smallest absolute Gasteiger partial charge is 0.331 e. The molecule has 0 unspecified atom stereocenters. The van der Waals surface area contributed by atoms with E-state index in [4.69, 9.17) is 10.5 Å². The molecule has 1 heterocycles. The van der Waals surface area contributed by atoms with Crippen LogP contribution >= 0.6 is 27.3 Å². The van der Waals surface area contributed by atoms with Gasteiger partial charge in [-0.1, -0.05) is 28.1 Å². The fourth-order valence-electron chi connectivity index (χ4n) is 1.72. The second kappa shape index (κ2) is 8.42. The molecule has 0 aliphatic heterocycles. The molecular weight excluding hydrogens is 396 g/mol. The molecule has 0 saturated carbocycles. The lowest BCUT2D eigenvalue weighted by atomic mass is 10.2. The van der Waals surface area contributed by atoms with Crippen LogP contribution in [0.5, 0.6) is 0 Å². The van der Waals surface area contributed by atoms with Gasteiger partial charge >= 0.3 is 5.97 Å². The Morgan fingerprint density at radius 3 is 2.79 bits per heavy atom. The van der Waals surface area contributed by atoms with Crippen molar-refractivity contribution in [1.29, 1.82) is 0 Å². The number of hydrogen-bond donors (Lipinski definition) is 2. The summed E-state index contributed by atoms with van der Waals surface area (Å²) in [4.78, 5) is 34.5. The summed E-state index contributed by atoms with van der Waals surface area (Å²) < 4.78 is 5.73. The van der Waals surface area contributed by atoms with Crippen molar-refractivity contribution >= 4 is 56.1 Å². The van der Waals surface area contributed by atoms with Crippen molar-refractivity contribution in [3.8, 4) is 0 Å². The SMILES string of the molecule is NC(=O)c1ccsc1NC(=O)COC(=O)/C=C/c1cccc(Br)c1. The van der Waals surface area contributed by atoms with Crippen molar-refractivity contribution in [2.24, 2.45) is 5.73 Å². The highest BCUT2D eigenvalue weighted by atomic mass is 79.9. The molecular formula is C16H13BrN2O4S. The van der Waals surface area contributed by atoms with E-state index in [0.717, 1.165) is 21.4 Å². The fraction of sp³-hybridized carbons (Fsp3) is 0.0625. The Bertz CT molecular complexity index is 801. The van der Waals surface area contributed by atoms with E-state index < -0.39 is 24.4 Å². The first kappa shape index (κ1) is 17.9. The van der Waals surface area contributed by atoms with Gasteiger partial charge in [-0.2, -0.15) is 0 Å². The molecule has 2 rings (SSSR count). The number of carbonyl (C=O) groups excluding carboxylic acids is 3. The van der Waals surface area contributed by atoms with Gasteiger partial charge in [0.05, 0.1) is 5.56 Å². The second-order valence-corrected chi connectivity index (χ2v) is 6.40. The van der Waals surface area contributed by atoms with Crippen molar-refractivity contribution in [2.45, 2.75) is 0 Å². The molecule has 3 N–H and O–H groups in total. The number of amides is 2. The van der Waals surface area contributed by atoms with Gasteiger partial charge in [-0.25, -0.2) is 4.79 Å². The molecule has 24 heavy (non-hydrogen) atoms. The first-order valence-electron chi connectivity index (χ1n) is 6.73. The van der Waals surface area contributed by atoms with Gasteiger partial charge in [0.1, 0.15) is 5.00 Å². The van der Waals surface area contributed by atoms with E-state index in [1.165, 1.54) is 12.1 Å². The number of ether oxygens (including phenoxy) is 1. The highest BCUT2D eigenvalue weighted by Crippen LogP contribution is 2.22. The lowest BCUT2D eigenvalue weighted by molar-refractivity contribution is -0.142. The standard InChI is InChI=1S/C16H13BrN2O4S/c17-11-3-1-2-10(8-11)4-5-14(21)23-9-13(20)19-16-12(15(18)22)6-7-24-16/h1-8H,9H2,(H2,18,22)(H,19,20)/b5-4+. The zero-order valence-electron chi connectivity index (χ0n) is 12.3. The summed E-state index contributed by atoms with van der Waals surface area (Å²) >= 11 is 4.49. The molecule has 0 aliphatic carbocycles. The number of nitrogens with one attached hydrogen (secondary N) is 1. The number of hydrogen-bond acceptors (Lipinski definition) is 5. The Hall–Kier alpha value is -2.45. The number of carbonyl (C=O) groups is 3. The average Bonchev–Trinajstić information content (AvgIpc) is 2.99. The first-order chi connectivity index (χ1) is 11.5. The molecule has 8 heteroatoms. The molecule has 0 fully saturated rings. The van der Waals surface area contributed by atoms with Crippen LogP contribution in [0.3, 0.4) is 0 Å². The zero-order chi connectivity index (χ0) is 17.5. The molecule has 0 aliphatic rings. The minimum atomic E-state index is -0.647. The van der Waals surface area contributed by atoms with Gasteiger partial charge < -0.3 is 15.8 Å². The van der Waals surface area contributed by atoms with Crippen molar-refractivity contribution < 1.29 is 19.1 Å². The Morgan fingerprint density at radius 1 is 1.29 bits per heavy atom. The summed E-state index contributed by atoms with van der Waals surface area (Å²) in [5, 5.41) is 4.43. The molecule has 2 amide bonds. The number of esters is 1. The highest BCUT2D eigenvalue weighted by Gasteiger charge is 2.13. The molecule has 0 saturated heterocycles. The Balaban J connectivity index is 1.84. The Morgan fingerprint density at radius 2 is 2.08 bits per heavy atom. The predicted molar refractivity (Wildman–Crippen MR) is 95.6 cm³/mol. The molecule has 1 aromatic heterocycles. The van der Waals surface area contributed by atoms with E-state index in [-0.39, 0.29) is 5.56 Å². The summed E-state index contributed by atoms with van der Waals surface area (Å²) in [5.41, 5.74) is 6.21. The Labute approximate surface area is 150 Å². The summed E-state index contributed by atoms with van der Waals surface area (Å²) in [6.07, 6.45) is 2.81. The highest BCUT2D eigenvalue weighted by molar-refractivity contribution is 9.10. The van der Waals surface area contributed by atoms with Gasteiger partial charge in [-0.05, 0) is 35.2 Å². The van der Waals surface area contributed by atoms with Crippen molar-refractivity contribution in [1.82, 2.24) is 0 Å². The van der Waals surface area contributed by atoms with Crippen molar-refractivity contribution in [2.75, 3.05) is 11.9 Å². The molecule has 0 spiro atoms. The van der Waals surface area contributed by atoms with Gasteiger partial charge in [-0.15, -0.1) is 11.3 Å². The summed E-state index contributed by atoms with van der Waals surface area (Å²) in [5.74, 6) is -1.84. The van der Waals surface area contributed by atoms with Crippen LogP contribution in [0.4, 0.5) is 5.00 Å². The van der Waals surface area contributed by atoms with E-state index in [1.54, 1.807) is 11.5 Å². The monoisotopic (exact) mass is 408 g/mol. The second-order valence-electron chi connectivity index (χ2n) is 4.57. The predicted octanol–water partition coefficient (Wildman–Crippen LogP) is 2.80. The molecule has 6 nitrogen and oxygen atoms in total. The maximum absolute atomic E-state index is 11.7. The largest absolute Gasteiger partial charge is 0.452 e. The summed E-state index contributed by atoms with van der Waals surface area (Å²) in [7, 11) is 0. The van der Waals surface area contributed by atoms with Crippen LogP contribution in [0, 0.1) is 0 Å². The summed E-state index contributed by atoms with van der Waals surface area (Å²) in [6, 6.07) is 8.86. The van der Waals surface area contributed by atoms with E-state index >= 15 is 0 Å². The minimum Gasteiger partial charge on any atom is -0.452 e. The number of halogens is 1. The van der Waals surface area contributed by atoms with E-state index in [1.807, 2.05) is 24.3 Å². The maximum Gasteiger partial charge on any atom is 0.331 e. The van der Waals surface area contributed by atoms with Gasteiger partial charge in [-0.3, -0.25) is 9.59 Å².